The molecule has 2 heterocycles. The van der Waals surface area contributed by atoms with Crippen LogP contribution in [0, 0.1) is 6.92 Å². The molecule has 1 unspecified atom stereocenters. The van der Waals surface area contributed by atoms with Crippen molar-refractivity contribution >= 4 is 45.7 Å². The van der Waals surface area contributed by atoms with Crippen LogP contribution >= 0.6 is 34.8 Å². The first-order valence-electron chi connectivity index (χ1n) is 10.1. The van der Waals surface area contributed by atoms with Gasteiger partial charge < -0.3 is 4.57 Å². The van der Waals surface area contributed by atoms with E-state index in [-0.39, 0.29) is 5.28 Å². The van der Waals surface area contributed by atoms with Crippen LogP contribution in [-0.2, 0) is 12.5 Å². The standard InChI is InChI=1S/C26H17Cl3N4/c1-26(23-14-30-15-33(23)2,17-6-9-19(27)10-7-17)18-8-11-22-21(13-18)24(32-25(29)31-22)16-4-3-5-20(28)12-16/h1,3-15H,2H3. The molecule has 0 aliphatic rings. The number of aromatic nitrogens is 4. The second kappa shape index (κ2) is 8.45. The molecule has 5 aromatic rings. The van der Waals surface area contributed by atoms with Gasteiger partial charge in [0.2, 0.25) is 5.28 Å². The quantitative estimate of drug-likeness (QED) is 0.253. The zero-order valence-electron chi connectivity index (χ0n) is 17.5. The van der Waals surface area contributed by atoms with Gasteiger partial charge in [0.15, 0.2) is 0 Å². The molecule has 33 heavy (non-hydrogen) atoms. The number of benzene rings is 3. The Bertz CT molecular complexity index is 1480. The molecule has 5 rings (SSSR count). The molecule has 0 spiro atoms. The fourth-order valence-electron chi connectivity index (χ4n) is 4.11. The number of fused-ring (bicyclic) bond motifs is 1. The van der Waals surface area contributed by atoms with Crippen molar-refractivity contribution in [3.8, 4) is 11.3 Å². The van der Waals surface area contributed by atoms with Crippen molar-refractivity contribution in [2.24, 2.45) is 7.05 Å². The van der Waals surface area contributed by atoms with E-state index in [4.69, 9.17) is 41.7 Å². The van der Waals surface area contributed by atoms with E-state index >= 15 is 0 Å². The lowest BCUT2D eigenvalue weighted by molar-refractivity contribution is 0.684. The molecule has 0 aliphatic heterocycles. The van der Waals surface area contributed by atoms with E-state index in [1.807, 2.05) is 78.3 Å². The van der Waals surface area contributed by atoms with Crippen molar-refractivity contribution in [3.05, 3.63) is 118 Å². The second-order valence-corrected chi connectivity index (χ2v) is 9.00. The minimum absolute atomic E-state index is 0.161. The van der Waals surface area contributed by atoms with E-state index in [1.54, 1.807) is 12.5 Å². The molecule has 7 heteroatoms. The van der Waals surface area contributed by atoms with Crippen LogP contribution in [0.15, 0.2) is 79.3 Å². The summed E-state index contributed by atoms with van der Waals surface area (Å²) >= 11 is 18.7. The molecular formula is C26H17Cl3N4. The number of hydrogen-bond donors (Lipinski definition) is 0. The van der Waals surface area contributed by atoms with Crippen molar-refractivity contribution in [1.29, 1.82) is 0 Å². The van der Waals surface area contributed by atoms with Crippen molar-refractivity contribution in [3.63, 3.8) is 0 Å². The molecule has 2 aromatic heterocycles. The van der Waals surface area contributed by atoms with Crippen LogP contribution in [0.3, 0.4) is 0 Å². The first-order valence-corrected chi connectivity index (χ1v) is 11.2. The Morgan fingerprint density at radius 1 is 0.848 bits per heavy atom. The van der Waals surface area contributed by atoms with Crippen molar-refractivity contribution < 1.29 is 0 Å². The fraction of sp³-hybridized carbons (Fsp3) is 0.0769. The summed E-state index contributed by atoms with van der Waals surface area (Å²) in [5.74, 6) is 0. The molecule has 0 saturated carbocycles. The topological polar surface area (TPSA) is 43.6 Å². The summed E-state index contributed by atoms with van der Waals surface area (Å²) in [5, 5.41) is 2.21. The third-order valence-corrected chi connectivity index (χ3v) is 6.40. The molecular weight excluding hydrogens is 475 g/mol. The largest absolute Gasteiger partial charge is 0.337 e. The van der Waals surface area contributed by atoms with Gasteiger partial charge in [-0.05, 0) is 66.0 Å². The van der Waals surface area contributed by atoms with Gasteiger partial charge in [-0.3, -0.25) is 0 Å². The Hall–Kier alpha value is -2.92. The summed E-state index contributed by atoms with van der Waals surface area (Å²) in [7, 11) is 1.92. The molecule has 4 nitrogen and oxygen atoms in total. The van der Waals surface area contributed by atoms with Crippen molar-refractivity contribution in [2.75, 3.05) is 0 Å². The number of hydrogen-bond acceptors (Lipinski definition) is 3. The minimum Gasteiger partial charge on any atom is -0.337 e. The summed E-state index contributed by atoms with van der Waals surface area (Å²) in [5.41, 5.74) is 3.75. The Morgan fingerprint density at radius 2 is 1.61 bits per heavy atom. The molecule has 0 N–H and O–H groups in total. The fourth-order valence-corrected chi connectivity index (χ4v) is 4.61. The first kappa shape index (κ1) is 21.9. The van der Waals surface area contributed by atoms with Gasteiger partial charge in [-0.15, -0.1) is 0 Å². The molecule has 1 atom stereocenters. The minimum atomic E-state index is -1.00. The maximum Gasteiger partial charge on any atom is 0.223 e. The van der Waals surface area contributed by atoms with Crippen molar-refractivity contribution in [2.45, 2.75) is 5.41 Å². The third-order valence-electron chi connectivity index (χ3n) is 5.74. The molecule has 0 bridgehead atoms. The smallest absolute Gasteiger partial charge is 0.223 e. The van der Waals surface area contributed by atoms with Gasteiger partial charge in [0.25, 0.3) is 0 Å². The Morgan fingerprint density at radius 3 is 2.30 bits per heavy atom. The van der Waals surface area contributed by atoms with E-state index in [1.165, 1.54) is 0 Å². The van der Waals surface area contributed by atoms with Crippen molar-refractivity contribution in [1.82, 2.24) is 19.5 Å². The summed E-state index contributed by atoms with van der Waals surface area (Å²) in [6.45, 7) is 7.20. The van der Waals surface area contributed by atoms with Gasteiger partial charge in [-0.25, -0.2) is 15.0 Å². The zero-order valence-corrected chi connectivity index (χ0v) is 19.8. The van der Waals surface area contributed by atoms with Gasteiger partial charge in [-0.2, -0.15) is 0 Å². The Labute approximate surface area is 206 Å². The van der Waals surface area contributed by atoms with Crippen LogP contribution in [0.5, 0.6) is 0 Å². The van der Waals surface area contributed by atoms with Gasteiger partial charge >= 0.3 is 0 Å². The predicted octanol–water partition coefficient (Wildman–Crippen LogP) is 7.04. The van der Waals surface area contributed by atoms with Crippen LogP contribution in [-0.4, -0.2) is 19.5 Å². The average molecular weight is 492 g/mol. The van der Waals surface area contributed by atoms with Crippen LogP contribution in [0.1, 0.15) is 16.8 Å². The summed E-state index contributed by atoms with van der Waals surface area (Å²) in [6.07, 6.45) is 3.50. The summed E-state index contributed by atoms with van der Waals surface area (Å²) in [4.78, 5) is 13.2. The molecule has 3 aromatic carbocycles. The van der Waals surface area contributed by atoms with Gasteiger partial charge in [-0.1, -0.05) is 53.5 Å². The van der Waals surface area contributed by atoms with Gasteiger partial charge in [0.05, 0.1) is 28.6 Å². The van der Waals surface area contributed by atoms with Gasteiger partial charge in [0.1, 0.15) is 0 Å². The monoisotopic (exact) mass is 490 g/mol. The van der Waals surface area contributed by atoms with Crippen LogP contribution in [0.4, 0.5) is 0 Å². The number of aryl methyl sites for hydroxylation is 1. The summed E-state index contributed by atoms with van der Waals surface area (Å²) in [6, 6.07) is 20.8. The Balaban J connectivity index is 1.80. The van der Waals surface area contributed by atoms with Crippen LogP contribution in [0.2, 0.25) is 15.3 Å². The third kappa shape index (κ3) is 3.89. The highest BCUT2D eigenvalue weighted by Gasteiger charge is 2.34. The predicted molar refractivity (Wildman–Crippen MR) is 134 cm³/mol. The maximum absolute atomic E-state index is 7.20. The van der Waals surface area contributed by atoms with E-state index in [0.717, 1.165) is 27.8 Å². The van der Waals surface area contributed by atoms with Crippen LogP contribution < -0.4 is 0 Å². The number of nitrogens with zero attached hydrogens (tertiary/aromatic N) is 4. The zero-order chi connectivity index (χ0) is 23.2. The molecule has 0 saturated heterocycles. The molecule has 0 amide bonds. The SMILES string of the molecule is [CH]C(c1ccc(Cl)cc1)(c1ccc2nc(Cl)nc(-c3cccc(Cl)c3)c2c1)c1cncn1C. The van der Waals surface area contributed by atoms with E-state index in [9.17, 15) is 0 Å². The lowest BCUT2D eigenvalue weighted by Crippen LogP contribution is -2.28. The molecule has 162 valence electrons. The van der Waals surface area contributed by atoms with E-state index < -0.39 is 5.41 Å². The van der Waals surface area contributed by atoms with E-state index in [0.29, 0.717) is 21.3 Å². The molecule has 0 fully saturated rings. The highest BCUT2D eigenvalue weighted by Crippen LogP contribution is 2.40. The Kier molecular flexibility index (Phi) is 5.61. The number of imidazole rings is 1. The lowest BCUT2D eigenvalue weighted by Gasteiger charge is -2.31. The molecule has 0 aliphatic carbocycles. The van der Waals surface area contributed by atoms with Gasteiger partial charge in [0, 0.05) is 34.2 Å². The van der Waals surface area contributed by atoms with Crippen LogP contribution in [0.25, 0.3) is 22.2 Å². The number of rotatable bonds is 4. The second-order valence-electron chi connectivity index (χ2n) is 7.79. The summed E-state index contributed by atoms with van der Waals surface area (Å²) < 4.78 is 1.91. The highest BCUT2D eigenvalue weighted by atomic mass is 35.5. The first-order chi connectivity index (χ1) is 15.9. The normalized spacial score (nSPS) is 13.2. The maximum atomic E-state index is 7.20. The molecule has 2 radical (unpaired) electrons. The number of halogens is 3. The van der Waals surface area contributed by atoms with E-state index in [2.05, 4.69) is 15.0 Å². The average Bonchev–Trinajstić information content (AvgIpc) is 3.24. The lowest BCUT2D eigenvalue weighted by atomic mass is 9.73. The highest BCUT2D eigenvalue weighted by molar-refractivity contribution is 6.31.